The molecule has 1 aromatic carbocycles. The van der Waals surface area contributed by atoms with Gasteiger partial charge in [0.25, 0.3) is 0 Å². The molecule has 1 heterocycles. The lowest BCUT2D eigenvalue weighted by atomic mass is 9.95. The van der Waals surface area contributed by atoms with Crippen molar-refractivity contribution < 1.29 is 9.59 Å². The molecule has 2 unspecified atom stereocenters. The van der Waals surface area contributed by atoms with Gasteiger partial charge in [-0.05, 0) is 25.3 Å². The Hall–Kier alpha value is -2.04. The maximum absolute atomic E-state index is 12.5. The van der Waals surface area contributed by atoms with Gasteiger partial charge in [-0.25, -0.2) is 4.79 Å². The molecule has 1 saturated carbocycles. The second-order valence-corrected chi connectivity index (χ2v) is 7.39. The normalized spacial score (nSPS) is 22.7. The van der Waals surface area contributed by atoms with Gasteiger partial charge in [0, 0.05) is 26.1 Å². The third kappa shape index (κ3) is 4.14. The van der Waals surface area contributed by atoms with Crippen LogP contribution in [0.2, 0.25) is 0 Å². The van der Waals surface area contributed by atoms with Gasteiger partial charge in [0.2, 0.25) is 5.91 Å². The number of rotatable bonds is 4. The zero-order chi connectivity index (χ0) is 17.8. The Labute approximate surface area is 150 Å². The van der Waals surface area contributed by atoms with Crippen molar-refractivity contribution in [1.29, 1.82) is 0 Å². The first kappa shape index (κ1) is 17.8. The SMILES string of the molecule is CC(c1ccccc1)N1CC(NC(=O)N(C)C2CCCCC2)CC1=O. The lowest BCUT2D eigenvalue weighted by molar-refractivity contribution is -0.129. The number of benzene rings is 1. The van der Waals surface area contributed by atoms with Crippen LogP contribution in [0.15, 0.2) is 30.3 Å². The Morgan fingerprint density at radius 2 is 1.88 bits per heavy atom. The first-order valence-electron chi connectivity index (χ1n) is 9.44. The molecule has 0 spiro atoms. The van der Waals surface area contributed by atoms with Gasteiger partial charge in [-0.15, -0.1) is 0 Å². The standard InChI is InChI=1S/C20H29N3O2/c1-15(16-9-5-3-6-10-16)23-14-17(13-19(23)24)21-20(25)22(2)18-11-7-4-8-12-18/h3,5-6,9-10,15,17-18H,4,7-8,11-14H2,1-2H3,(H,21,25). The Morgan fingerprint density at radius 3 is 2.56 bits per heavy atom. The van der Waals surface area contributed by atoms with Crippen LogP contribution in [-0.4, -0.2) is 47.4 Å². The summed E-state index contributed by atoms with van der Waals surface area (Å²) in [5.41, 5.74) is 1.13. The van der Waals surface area contributed by atoms with Gasteiger partial charge in [-0.2, -0.15) is 0 Å². The summed E-state index contributed by atoms with van der Waals surface area (Å²) in [6.07, 6.45) is 6.24. The van der Waals surface area contributed by atoms with Crippen LogP contribution in [0.25, 0.3) is 0 Å². The van der Waals surface area contributed by atoms with E-state index >= 15 is 0 Å². The molecule has 2 fully saturated rings. The molecule has 2 atom stereocenters. The third-order valence-electron chi connectivity index (χ3n) is 5.68. The van der Waals surface area contributed by atoms with Crippen LogP contribution in [-0.2, 0) is 4.79 Å². The summed E-state index contributed by atoms with van der Waals surface area (Å²) in [7, 11) is 1.88. The Kier molecular flexibility index (Phi) is 5.61. The van der Waals surface area contributed by atoms with Crippen molar-refractivity contribution in [2.45, 2.75) is 63.6 Å². The minimum absolute atomic E-state index is 0.0340. The highest BCUT2D eigenvalue weighted by molar-refractivity contribution is 5.82. The van der Waals surface area contributed by atoms with Crippen molar-refractivity contribution in [2.24, 2.45) is 0 Å². The number of carbonyl (C=O) groups excluding carboxylic acids is 2. The minimum atomic E-state index is -0.0998. The first-order valence-corrected chi connectivity index (χ1v) is 9.44. The van der Waals surface area contributed by atoms with Gasteiger partial charge >= 0.3 is 6.03 Å². The van der Waals surface area contributed by atoms with Gasteiger partial charge in [0.15, 0.2) is 0 Å². The zero-order valence-electron chi connectivity index (χ0n) is 15.3. The van der Waals surface area contributed by atoms with Crippen LogP contribution in [0.1, 0.15) is 57.1 Å². The van der Waals surface area contributed by atoms with Crippen molar-refractivity contribution in [3.05, 3.63) is 35.9 Å². The van der Waals surface area contributed by atoms with Crippen LogP contribution in [0.3, 0.4) is 0 Å². The molecule has 1 aliphatic carbocycles. The summed E-state index contributed by atoms with van der Waals surface area (Å²) in [6, 6.07) is 10.3. The van der Waals surface area contributed by atoms with E-state index in [0.717, 1.165) is 18.4 Å². The summed E-state index contributed by atoms with van der Waals surface area (Å²) >= 11 is 0. The summed E-state index contributed by atoms with van der Waals surface area (Å²) in [5.74, 6) is 0.113. The van der Waals surface area contributed by atoms with Crippen molar-refractivity contribution in [2.75, 3.05) is 13.6 Å². The largest absolute Gasteiger partial charge is 0.334 e. The molecule has 25 heavy (non-hydrogen) atoms. The van der Waals surface area contributed by atoms with Gasteiger partial charge in [-0.1, -0.05) is 49.6 Å². The van der Waals surface area contributed by atoms with E-state index in [1.807, 2.05) is 54.1 Å². The summed E-state index contributed by atoms with van der Waals surface area (Å²) in [6.45, 7) is 2.63. The fourth-order valence-corrected chi connectivity index (χ4v) is 4.02. The molecule has 2 aliphatic rings. The first-order chi connectivity index (χ1) is 12.1. The summed E-state index contributed by atoms with van der Waals surface area (Å²) in [4.78, 5) is 28.7. The molecule has 1 saturated heterocycles. The van der Waals surface area contributed by atoms with Crippen molar-refractivity contribution in [3.63, 3.8) is 0 Å². The fraction of sp³-hybridized carbons (Fsp3) is 0.600. The molecular formula is C20H29N3O2. The van der Waals surface area contributed by atoms with Gasteiger partial charge in [0.1, 0.15) is 0 Å². The number of likely N-dealkylation sites (tertiary alicyclic amines) is 1. The summed E-state index contributed by atoms with van der Waals surface area (Å²) < 4.78 is 0. The second-order valence-electron chi connectivity index (χ2n) is 7.39. The molecule has 0 bridgehead atoms. The molecular weight excluding hydrogens is 314 g/mol. The Balaban J connectivity index is 1.56. The molecule has 3 amide bonds. The highest BCUT2D eigenvalue weighted by atomic mass is 16.2. The van der Waals surface area contributed by atoms with E-state index in [4.69, 9.17) is 0 Å². The number of carbonyl (C=O) groups is 2. The molecule has 3 rings (SSSR count). The van der Waals surface area contributed by atoms with E-state index in [2.05, 4.69) is 5.32 Å². The van der Waals surface area contributed by atoms with E-state index in [-0.39, 0.29) is 24.0 Å². The number of urea groups is 1. The molecule has 1 aromatic rings. The van der Waals surface area contributed by atoms with Crippen molar-refractivity contribution >= 4 is 11.9 Å². The van der Waals surface area contributed by atoms with Crippen LogP contribution in [0.5, 0.6) is 0 Å². The zero-order valence-corrected chi connectivity index (χ0v) is 15.3. The number of amides is 3. The van der Waals surface area contributed by atoms with Crippen molar-refractivity contribution in [3.8, 4) is 0 Å². The predicted molar refractivity (Wildman–Crippen MR) is 98.1 cm³/mol. The van der Waals surface area contributed by atoms with Crippen molar-refractivity contribution in [1.82, 2.24) is 15.1 Å². The highest BCUT2D eigenvalue weighted by Crippen LogP contribution is 2.26. The average molecular weight is 343 g/mol. The molecule has 5 nitrogen and oxygen atoms in total. The molecule has 136 valence electrons. The van der Waals surface area contributed by atoms with E-state index in [1.165, 1.54) is 19.3 Å². The lowest BCUT2D eigenvalue weighted by Crippen LogP contribution is -2.48. The van der Waals surface area contributed by atoms with Crippen LogP contribution < -0.4 is 5.32 Å². The van der Waals surface area contributed by atoms with E-state index in [9.17, 15) is 9.59 Å². The quantitative estimate of drug-likeness (QED) is 0.912. The monoisotopic (exact) mass is 343 g/mol. The fourth-order valence-electron chi connectivity index (χ4n) is 4.02. The third-order valence-corrected chi connectivity index (χ3v) is 5.68. The van der Waals surface area contributed by atoms with Crippen LogP contribution in [0, 0.1) is 0 Å². The Bertz CT molecular complexity index is 598. The topological polar surface area (TPSA) is 52.7 Å². The second kappa shape index (κ2) is 7.89. The highest BCUT2D eigenvalue weighted by Gasteiger charge is 2.35. The van der Waals surface area contributed by atoms with Crippen LogP contribution in [0.4, 0.5) is 4.79 Å². The van der Waals surface area contributed by atoms with Gasteiger partial charge < -0.3 is 15.1 Å². The maximum Gasteiger partial charge on any atom is 0.317 e. The molecule has 5 heteroatoms. The lowest BCUT2D eigenvalue weighted by Gasteiger charge is -2.32. The average Bonchev–Trinajstić information content (AvgIpc) is 3.02. The van der Waals surface area contributed by atoms with Gasteiger partial charge in [0.05, 0.1) is 12.1 Å². The molecule has 0 radical (unpaired) electrons. The van der Waals surface area contributed by atoms with E-state index in [1.54, 1.807) is 0 Å². The van der Waals surface area contributed by atoms with Gasteiger partial charge in [-0.3, -0.25) is 4.79 Å². The minimum Gasteiger partial charge on any atom is -0.334 e. The molecule has 1 N–H and O–H groups in total. The maximum atomic E-state index is 12.5. The number of hydrogen-bond acceptors (Lipinski definition) is 2. The van der Waals surface area contributed by atoms with Crippen LogP contribution >= 0.6 is 0 Å². The summed E-state index contributed by atoms with van der Waals surface area (Å²) in [5, 5.41) is 3.07. The number of nitrogens with zero attached hydrogens (tertiary/aromatic N) is 2. The Morgan fingerprint density at radius 1 is 1.20 bits per heavy atom. The van der Waals surface area contributed by atoms with E-state index < -0.39 is 0 Å². The van der Waals surface area contributed by atoms with E-state index in [0.29, 0.717) is 19.0 Å². The smallest absolute Gasteiger partial charge is 0.317 e. The predicted octanol–water partition coefficient (Wildman–Crippen LogP) is 3.32. The molecule has 1 aliphatic heterocycles. The number of hydrogen-bond donors (Lipinski definition) is 1. The number of nitrogens with one attached hydrogen (secondary N) is 1. The molecule has 0 aromatic heterocycles.